The molecule has 7 nitrogen and oxygen atoms in total. The molecular formula is C18H23N5O2. The van der Waals surface area contributed by atoms with Crippen LogP contribution in [0.25, 0.3) is 0 Å². The summed E-state index contributed by atoms with van der Waals surface area (Å²) in [4.78, 5) is 23.9. The molecule has 0 unspecified atom stereocenters. The molecule has 0 atom stereocenters. The maximum atomic E-state index is 10.8. The van der Waals surface area contributed by atoms with Gasteiger partial charge in [0.05, 0.1) is 7.11 Å². The van der Waals surface area contributed by atoms with Gasteiger partial charge in [-0.25, -0.2) is 4.98 Å². The topological polar surface area (TPSA) is 70.6 Å². The number of aryl methyl sites for hydroxylation is 1. The minimum atomic E-state index is 0.624. The molecule has 2 heterocycles. The Kier molecular flexibility index (Phi) is 5.33. The molecule has 1 aliphatic rings. The summed E-state index contributed by atoms with van der Waals surface area (Å²) < 4.78 is 5.38. The number of aromatic nitrogens is 2. The molecule has 1 amide bonds. The van der Waals surface area contributed by atoms with Crippen molar-refractivity contribution >= 4 is 18.2 Å². The van der Waals surface area contributed by atoms with E-state index in [0.717, 1.165) is 42.3 Å². The quantitative estimate of drug-likeness (QED) is 0.806. The number of anilines is 2. The number of carbonyl (C=O) groups excluding carboxylic acids is 1. The highest BCUT2D eigenvalue weighted by Crippen LogP contribution is 2.20. The van der Waals surface area contributed by atoms with Gasteiger partial charge in [-0.3, -0.25) is 4.79 Å². The molecule has 3 rings (SSSR count). The fraction of sp³-hybridized carbons (Fsp3) is 0.389. The Morgan fingerprint density at radius 2 is 1.96 bits per heavy atom. The number of rotatable bonds is 6. The highest BCUT2D eigenvalue weighted by atomic mass is 16.5. The van der Waals surface area contributed by atoms with Crippen molar-refractivity contribution < 1.29 is 9.53 Å². The van der Waals surface area contributed by atoms with Crippen LogP contribution in [-0.2, 0) is 11.3 Å². The van der Waals surface area contributed by atoms with Gasteiger partial charge in [-0.1, -0.05) is 18.2 Å². The van der Waals surface area contributed by atoms with Crippen LogP contribution in [0.4, 0.5) is 11.8 Å². The average molecular weight is 341 g/mol. The first-order valence-electron chi connectivity index (χ1n) is 8.35. The third kappa shape index (κ3) is 4.17. The molecule has 1 N–H and O–H groups in total. The van der Waals surface area contributed by atoms with Crippen LogP contribution in [0.5, 0.6) is 5.75 Å². The number of piperazine rings is 1. The largest absolute Gasteiger partial charge is 0.496 e. The summed E-state index contributed by atoms with van der Waals surface area (Å²) in [5, 5.41) is 3.35. The molecule has 1 saturated heterocycles. The first-order valence-corrected chi connectivity index (χ1v) is 8.35. The molecule has 7 heteroatoms. The van der Waals surface area contributed by atoms with Crippen molar-refractivity contribution in [3.05, 3.63) is 41.6 Å². The smallest absolute Gasteiger partial charge is 0.227 e. The first kappa shape index (κ1) is 17.0. The minimum absolute atomic E-state index is 0.624. The lowest BCUT2D eigenvalue weighted by Crippen LogP contribution is -2.46. The fourth-order valence-electron chi connectivity index (χ4n) is 2.85. The number of hydrogen-bond acceptors (Lipinski definition) is 6. The molecule has 0 radical (unpaired) electrons. The molecule has 0 bridgehead atoms. The summed E-state index contributed by atoms with van der Waals surface area (Å²) in [6.45, 7) is 5.47. The first-order chi connectivity index (χ1) is 12.2. The van der Waals surface area contributed by atoms with Crippen molar-refractivity contribution in [2.45, 2.75) is 13.5 Å². The van der Waals surface area contributed by atoms with Crippen molar-refractivity contribution in [3.8, 4) is 5.75 Å². The van der Waals surface area contributed by atoms with Gasteiger partial charge in [0.15, 0.2) is 0 Å². The second-order valence-corrected chi connectivity index (χ2v) is 5.99. The zero-order chi connectivity index (χ0) is 17.6. The summed E-state index contributed by atoms with van der Waals surface area (Å²) in [6, 6.07) is 9.84. The van der Waals surface area contributed by atoms with Gasteiger partial charge in [-0.15, -0.1) is 0 Å². The third-order valence-electron chi connectivity index (χ3n) is 4.24. The number of para-hydroxylation sites is 1. The van der Waals surface area contributed by atoms with Crippen LogP contribution in [0.3, 0.4) is 0 Å². The number of nitrogens with zero attached hydrogens (tertiary/aromatic N) is 4. The van der Waals surface area contributed by atoms with E-state index in [-0.39, 0.29) is 0 Å². The molecule has 132 valence electrons. The maximum absolute atomic E-state index is 10.8. The van der Waals surface area contributed by atoms with Crippen molar-refractivity contribution in [2.24, 2.45) is 0 Å². The third-order valence-corrected chi connectivity index (χ3v) is 4.24. The Morgan fingerprint density at radius 1 is 1.20 bits per heavy atom. The van der Waals surface area contributed by atoms with E-state index in [0.29, 0.717) is 25.6 Å². The molecule has 0 aliphatic carbocycles. The van der Waals surface area contributed by atoms with Crippen LogP contribution in [0, 0.1) is 6.92 Å². The summed E-state index contributed by atoms with van der Waals surface area (Å²) in [5.41, 5.74) is 1.98. The fourth-order valence-corrected chi connectivity index (χ4v) is 2.85. The molecule has 1 aliphatic heterocycles. The Bertz CT molecular complexity index is 729. The number of amides is 1. The predicted molar refractivity (Wildman–Crippen MR) is 96.9 cm³/mol. The Balaban J connectivity index is 1.70. The number of hydrogen-bond donors (Lipinski definition) is 1. The predicted octanol–water partition coefficient (Wildman–Crippen LogP) is 1.68. The van der Waals surface area contributed by atoms with Crippen LogP contribution < -0.4 is 15.0 Å². The van der Waals surface area contributed by atoms with E-state index < -0.39 is 0 Å². The van der Waals surface area contributed by atoms with Gasteiger partial charge in [0.2, 0.25) is 12.4 Å². The lowest BCUT2D eigenvalue weighted by molar-refractivity contribution is -0.118. The summed E-state index contributed by atoms with van der Waals surface area (Å²) >= 11 is 0. The van der Waals surface area contributed by atoms with E-state index in [9.17, 15) is 4.79 Å². The number of carbonyl (C=O) groups is 1. The minimum Gasteiger partial charge on any atom is -0.496 e. The number of methoxy groups -OCH3 is 1. The average Bonchev–Trinajstić information content (AvgIpc) is 2.66. The zero-order valence-electron chi connectivity index (χ0n) is 14.6. The highest BCUT2D eigenvalue weighted by Gasteiger charge is 2.18. The van der Waals surface area contributed by atoms with E-state index in [4.69, 9.17) is 4.74 Å². The van der Waals surface area contributed by atoms with E-state index in [1.165, 1.54) is 0 Å². The van der Waals surface area contributed by atoms with Gasteiger partial charge >= 0.3 is 0 Å². The summed E-state index contributed by atoms with van der Waals surface area (Å²) in [6.07, 6.45) is 0.897. The number of benzene rings is 1. The van der Waals surface area contributed by atoms with Gasteiger partial charge in [0, 0.05) is 50.0 Å². The van der Waals surface area contributed by atoms with Crippen molar-refractivity contribution in [2.75, 3.05) is 43.5 Å². The number of ether oxygens (including phenoxy) is 1. The number of nitrogens with one attached hydrogen (secondary N) is 1. The Labute approximate surface area is 147 Å². The van der Waals surface area contributed by atoms with Gasteiger partial charge in [-0.05, 0) is 13.0 Å². The van der Waals surface area contributed by atoms with Crippen molar-refractivity contribution in [1.82, 2.24) is 14.9 Å². The molecule has 25 heavy (non-hydrogen) atoms. The van der Waals surface area contributed by atoms with Crippen LogP contribution in [0.2, 0.25) is 0 Å². The van der Waals surface area contributed by atoms with Gasteiger partial charge in [-0.2, -0.15) is 4.98 Å². The second kappa shape index (κ2) is 7.83. The monoisotopic (exact) mass is 341 g/mol. The SMILES string of the molecule is COc1ccccc1CNc1cc(C)nc(N2CCN(C=O)CC2)n1. The van der Waals surface area contributed by atoms with E-state index in [2.05, 4.69) is 20.2 Å². The summed E-state index contributed by atoms with van der Waals surface area (Å²) in [5.74, 6) is 2.34. The molecule has 1 fully saturated rings. The van der Waals surface area contributed by atoms with Crippen molar-refractivity contribution in [1.29, 1.82) is 0 Å². The molecular weight excluding hydrogens is 318 g/mol. The standard InChI is InChI=1S/C18H23N5O2/c1-14-11-17(19-12-15-5-3-4-6-16(15)25-2)21-18(20-14)23-9-7-22(13-24)8-10-23/h3-6,11,13H,7-10,12H2,1-2H3,(H,19,20,21). The Morgan fingerprint density at radius 3 is 2.68 bits per heavy atom. The Hall–Kier alpha value is -2.83. The molecule has 2 aromatic rings. The van der Waals surface area contributed by atoms with Gasteiger partial charge in [0.1, 0.15) is 11.6 Å². The lowest BCUT2D eigenvalue weighted by Gasteiger charge is -2.32. The lowest BCUT2D eigenvalue weighted by atomic mass is 10.2. The van der Waals surface area contributed by atoms with E-state index in [1.54, 1.807) is 12.0 Å². The van der Waals surface area contributed by atoms with Crippen LogP contribution in [0.1, 0.15) is 11.3 Å². The zero-order valence-corrected chi connectivity index (χ0v) is 14.6. The molecule has 0 spiro atoms. The van der Waals surface area contributed by atoms with Gasteiger partial charge < -0.3 is 19.9 Å². The highest BCUT2D eigenvalue weighted by molar-refractivity contribution is 5.49. The maximum Gasteiger partial charge on any atom is 0.227 e. The summed E-state index contributed by atoms with van der Waals surface area (Å²) in [7, 11) is 1.67. The van der Waals surface area contributed by atoms with Crippen LogP contribution >= 0.6 is 0 Å². The van der Waals surface area contributed by atoms with Crippen molar-refractivity contribution in [3.63, 3.8) is 0 Å². The van der Waals surface area contributed by atoms with E-state index >= 15 is 0 Å². The van der Waals surface area contributed by atoms with Crippen LogP contribution in [0.15, 0.2) is 30.3 Å². The molecule has 1 aromatic heterocycles. The normalized spacial score (nSPS) is 14.3. The van der Waals surface area contributed by atoms with E-state index in [1.807, 2.05) is 37.3 Å². The van der Waals surface area contributed by atoms with Gasteiger partial charge in [0.25, 0.3) is 0 Å². The molecule has 1 aromatic carbocycles. The molecule has 0 saturated carbocycles. The van der Waals surface area contributed by atoms with Crippen LogP contribution in [-0.4, -0.2) is 54.6 Å². The second-order valence-electron chi connectivity index (χ2n) is 5.99.